The minimum atomic E-state index is -4.29. The molecule has 0 aliphatic heterocycles. The number of hydrogen-bond acceptors (Lipinski definition) is 4. The predicted octanol–water partition coefficient (Wildman–Crippen LogP) is 3.32. The lowest BCUT2D eigenvalue weighted by atomic mass is 10.2. The lowest BCUT2D eigenvalue weighted by molar-refractivity contribution is -0.138. The third-order valence-corrected chi connectivity index (χ3v) is 3.82. The summed E-state index contributed by atoms with van der Waals surface area (Å²) < 4.78 is 51.0. The van der Waals surface area contributed by atoms with Crippen molar-refractivity contribution in [3.63, 3.8) is 0 Å². The van der Waals surface area contributed by atoms with E-state index in [1.807, 2.05) is 6.92 Å². The Kier molecular flexibility index (Phi) is 5.40. The quantitative estimate of drug-likeness (QED) is 0.594. The van der Waals surface area contributed by atoms with Crippen molar-refractivity contribution < 1.29 is 17.6 Å². The molecule has 0 aliphatic rings. The maximum Gasteiger partial charge on any atom is 0.348 e. The largest absolute Gasteiger partial charge is 0.348 e. The van der Waals surface area contributed by atoms with Crippen LogP contribution in [0.4, 0.5) is 17.6 Å². The van der Waals surface area contributed by atoms with Crippen LogP contribution in [0.15, 0.2) is 40.3 Å². The number of pyridine rings is 1. The Hall–Kier alpha value is -1.90. The summed E-state index contributed by atoms with van der Waals surface area (Å²) in [4.78, 5) is 20.4. The second-order valence-corrected chi connectivity index (χ2v) is 5.87. The fraction of sp³-hybridized carbons (Fsp3) is 0.357. The summed E-state index contributed by atoms with van der Waals surface area (Å²) in [7, 11) is 0. The van der Waals surface area contributed by atoms with Crippen molar-refractivity contribution in [2.24, 2.45) is 0 Å². The number of rotatable bonds is 6. The van der Waals surface area contributed by atoms with Gasteiger partial charge in [0.2, 0.25) is 0 Å². The molecule has 0 aliphatic carbocycles. The van der Waals surface area contributed by atoms with Crippen LogP contribution in [0.25, 0.3) is 11.4 Å². The number of thioether (sulfide) groups is 1. The molecule has 0 radical (unpaired) electrons. The zero-order valence-corrected chi connectivity index (χ0v) is 12.9. The standard InChI is InChI=1S/C14H13F4N3OS/c1-2-23-10-4-3-6-19-11(10)9-5-7-21(13(22)20-9)8-14(17,18)12(15)16/h3-7,12H,2,8H2,1H3. The summed E-state index contributed by atoms with van der Waals surface area (Å²) in [5, 5.41) is 0. The van der Waals surface area contributed by atoms with E-state index in [1.54, 1.807) is 12.1 Å². The molecule has 0 bridgehead atoms. The molecule has 9 heteroatoms. The molecule has 0 N–H and O–H groups in total. The summed E-state index contributed by atoms with van der Waals surface area (Å²) in [5.74, 6) is -3.52. The van der Waals surface area contributed by atoms with E-state index < -0.39 is 24.6 Å². The molecule has 4 nitrogen and oxygen atoms in total. The Bertz CT molecular complexity index is 736. The van der Waals surface area contributed by atoms with Gasteiger partial charge in [0.25, 0.3) is 0 Å². The van der Waals surface area contributed by atoms with Gasteiger partial charge < -0.3 is 0 Å². The minimum Gasteiger partial charge on any atom is -0.293 e. The first kappa shape index (κ1) is 17.5. The number of alkyl halides is 4. The van der Waals surface area contributed by atoms with Crippen molar-refractivity contribution in [3.8, 4) is 11.4 Å². The molecule has 124 valence electrons. The molecule has 2 heterocycles. The van der Waals surface area contributed by atoms with E-state index in [0.717, 1.165) is 16.8 Å². The predicted molar refractivity (Wildman–Crippen MR) is 79.1 cm³/mol. The molecule has 0 aromatic carbocycles. The average molecular weight is 347 g/mol. The lowest BCUT2D eigenvalue weighted by Gasteiger charge is -2.16. The van der Waals surface area contributed by atoms with Gasteiger partial charge in [0.1, 0.15) is 5.69 Å². The molecule has 0 saturated carbocycles. The van der Waals surface area contributed by atoms with Crippen molar-refractivity contribution in [3.05, 3.63) is 41.1 Å². The Morgan fingerprint density at radius 2 is 2.09 bits per heavy atom. The van der Waals surface area contributed by atoms with Crippen molar-refractivity contribution in [2.75, 3.05) is 5.75 Å². The van der Waals surface area contributed by atoms with Crippen LogP contribution in [0, 0.1) is 0 Å². The first-order chi connectivity index (χ1) is 10.8. The number of halogens is 4. The molecule has 2 rings (SSSR count). The first-order valence-corrected chi connectivity index (χ1v) is 7.65. The monoisotopic (exact) mass is 347 g/mol. The Balaban J connectivity index is 2.35. The van der Waals surface area contributed by atoms with Crippen LogP contribution >= 0.6 is 11.8 Å². The molecule has 0 unspecified atom stereocenters. The van der Waals surface area contributed by atoms with E-state index in [-0.39, 0.29) is 5.69 Å². The van der Waals surface area contributed by atoms with Crippen LogP contribution in [0.1, 0.15) is 6.92 Å². The van der Waals surface area contributed by atoms with Crippen molar-refractivity contribution in [1.29, 1.82) is 0 Å². The highest BCUT2D eigenvalue weighted by molar-refractivity contribution is 7.99. The highest BCUT2D eigenvalue weighted by atomic mass is 32.2. The van der Waals surface area contributed by atoms with E-state index >= 15 is 0 Å². The van der Waals surface area contributed by atoms with Gasteiger partial charge in [0.05, 0.1) is 12.2 Å². The Morgan fingerprint density at radius 3 is 2.70 bits per heavy atom. The maximum atomic E-state index is 13.0. The lowest BCUT2D eigenvalue weighted by Crippen LogP contribution is -2.37. The molecule has 0 amide bonds. The van der Waals surface area contributed by atoms with Gasteiger partial charge in [-0.15, -0.1) is 11.8 Å². The van der Waals surface area contributed by atoms with Crippen LogP contribution in [-0.4, -0.2) is 32.6 Å². The van der Waals surface area contributed by atoms with Crippen molar-refractivity contribution >= 4 is 11.8 Å². The van der Waals surface area contributed by atoms with Crippen LogP contribution in [0.2, 0.25) is 0 Å². The zero-order chi connectivity index (χ0) is 17.0. The normalized spacial score (nSPS) is 11.9. The fourth-order valence-corrected chi connectivity index (χ4v) is 2.61. The van der Waals surface area contributed by atoms with Gasteiger partial charge in [-0.1, -0.05) is 6.92 Å². The average Bonchev–Trinajstić information content (AvgIpc) is 2.50. The topological polar surface area (TPSA) is 47.8 Å². The van der Waals surface area contributed by atoms with Crippen LogP contribution in [0.3, 0.4) is 0 Å². The molecule has 2 aromatic heterocycles. The zero-order valence-electron chi connectivity index (χ0n) is 12.0. The highest BCUT2D eigenvalue weighted by Gasteiger charge is 2.41. The summed E-state index contributed by atoms with van der Waals surface area (Å²) in [6.07, 6.45) is -1.30. The molecule has 23 heavy (non-hydrogen) atoms. The minimum absolute atomic E-state index is 0.211. The van der Waals surface area contributed by atoms with Crippen LogP contribution in [-0.2, 0) is 6.54 Å². The van der Waals surface area contributed by atoms with Gasteiger partial charge in [-0.3, -0.25) is 9.55 Å². The van der Waals surface area contributed by atoms with Crippen LogP contribution < -0.4 is 5.69 Å². The number of aromatic nitrogens is 3. The third kappa shape index (κ3) is 4.10. The highest BCUT2D eigenvalue weighted by Crippen LogP contribution is 2.28. The second kappa shape index (κ2) is 7.12. The molecule has 0 saturated heterocycles. The van der Waals surface area contributed by atoms with E-state index in [4.69, 9.17) is 0 Å². The maximum absolute atomic E-state index is 13.0. The summed E-state index contributed by atoms with van der Waals surface area (Å²) in [6, 6.07) is 4.84. The second-order valence-electron chi connectivity index (χ2n) is 4.57. The smallest absolute Gasteiger partial charge is 0.293 e. The first-order valence-electron chi connectivity index (χ1n) is 6.67. The molecule has 0 atom stereocenters. The summed E-state index contributed by atoms with van der Waals surface area (Å²) in [5.41, 5.74) is -0.367. The van der Waals surface area contributed by atoms with Crippen molar-refractivity contribution in [1.82, 2.24) is 14.5 Å². The van der Waals surface area contributed by atoms with E-state index in [9.17, 15) is 22.4 Å². The molecule has 0 spiro atoms. The molecular weight excluding hydrogens is 334 g/mol. The van der Waals surface area contributed by atoms with Gasteiger partial charge in [0.15, 0.2) is 0 Å². The van der Waals surface area contributed by atoms with Crippen LogP contribution in [0.5, 0.6) is 0 Å². The fourth-order valence-electron chi connectivity index (χ4n) is 1.83. The number of hydrogen-bond donors (Lipinski definition) is 0. The van der Waals surface area contributed by atoms with E-state index in [1.165, 1.54) is 24.0 Å². The van der Waals surface area contributed by atoms with Gasteiger partial charge in [-0.05, 0) is 24.0 Å². The number of nitrogens with zero attached hydrogens (tertiary/aromatic N) is 3. The van der Waals surface area contributed by atoms with Gasteiger partial charge in [0, 0.05) is 17.3 Å². The van der Waals surface area contributed by atoms with E-state index in [2.05, 4.69) is 9.97 Å². The Labute approximate surface area is 133 Å². The third-order valence-electron chi connectivity index (χ3n) is 2.89. The molecule has 0 fully saturated rings. The molecular formula is C14H13F4N3OS. The van der Waals surface area contributed by atoms with Crippen molar-refractivity contribution in [2.45, 2.75) is 30.7 Å². The SMILES string of the molecule is CCSc1cccnc1-c1ccn(CC(F)(F)C(F)F)c(=O)n1. The summed E-state index contributed by atoms with van der Waals surface area (Å²) >= 11 is 1.49. The summed E-state index contributed by atoms with van der Waals surface area (Å²) in [6.45, 7) is 0.523. The van der Waals surface area contributed by atoms with Gasteiger partial charge in [-0.25, -0.2) is 13.6 Å². The van der Waals surface area contributed by atoms with Gasteiger partial charge >= 0.3 is 18.0 Å². The Morgan fingerprint density at radius 1 is 1.35 bits per heavy atom. The molecule has 2 aromatic rings. The van der Waals surface area contributed by atoms with E-state index in [0.29, 0.717) is 10.3 Å². The van der Waals surface area contributed by atoms with Gasteiger partial charge in [-0.2, -0.15) is 13.8 Å².